The van der Waals surface area contributed by atoms with Crippen LogP contribution in [0.3, 0.4) is 0 Å². The minimum Gasteiger partial charge on any atom is -0.387 e. The quantitative estimate of drug-likeness (QED) is 0.904. The molecule has 108 valence electrons. The second kappa shape index (κ2) is 5.40. The number of hydrogen-bond acceptors (Lipinski definition) is 4. The zero-order chi connectivity index (χ0) is 14.1. The number of carbonyl (C=O) groups excluding carboxylic acids is 1. The van der Waals surface area contributed by atoms with Crippen LogP contribution in [-0.4, -0.2) is 46.6 Å². The SMILES string of the molecule is CCC(O)c1ccc(N2CCN3C(=O)CCC3C2)cn1. The van der Waals surface area contributed by atoms with E-state index in [4.69, 9.17) is 0 Å². The first-order valence-electron chi connectivity index (χ1n) is 7.37. The lowest BCUT2D eigenvalue weighted by atomic mass is 10.1. The summed E-state index contributed by atoms with van der Waals surface area (Å²) in [4.78, 5) is 20.3. The van der Waals surface area contributed by atoms with Gasteiger partial charge >= 0.3 is 0 Å². The molecule has 3 rings (SSSR count). The number of hydrogen-bond donors (Lipinski definition) is 1. The van der Waals surface area contributed by atoms with Gasteiger partial charge in [0.1, 0.15) is 0 Å². The zero-order valence-corrected chi connectivity index (χ0v) is 11.8. The second-order valence-corrected chi connectivity index (χ2v) is 5.59. The number of carbonyl (C=O) groups is 1. The molecular weight excluding hydrogens is 254 g/mol. The van der Waals surface area contributed by atoms with Gasteiger partial charge in [-0.1, -0.05) is 6.92 Å². The van der Waals surface area contributed by atoms with Crippen molar-refractivity contribution in [1.82, 2.24) is 9.88 Å². The highest BCUT2D eigenvalue weighted by Gasteiger charge is 2.35. The third-order valence-electron chi connectivity index (χ3n) is 4.36. The Kier molecular flexibility index (Phi) is 3.61. The number of piperazine rings is 1. The molecule has 0 spiro atoms. The van der Waals surface area contributed by atoms with Crippen LogP contribution in [0.2, 0.25) is 0 Å². The van der Waals surface area contributed by atoms with Crippen LogP contribution in [0.5, 0.6) is 0 Å². The van der Waals surface area contributed by atoms with Gasteiger partial charge in [-0.15, -0.1) is 0 Å². The monoisotopic (exact) mass is 275 g/mol. The Labute approximate surface area is 119 Å². The van der Waals surface area contributed by atoms with E-state index in [9.17, 15) is 9.90 Å². The van der Waals surface area contributed by atoms with Crippen molar-refractivity contribution in [3.8, 4) is 0 Å². The lowest BCUT2D eigenvalue weighted by Gasteiger charge is -2.38. The number of amides is 1. The summed E-state index contributed by atoms with van der Waals surface area (Å²) in [5, 5.41) is 9.76. The van der Waals surface area contributed by atoms with Crippen LogP contribution >= 0.6 is 0 Å². The van der Waals surface area contributed by atoms with Crippen LogP contribution in [0.4, 0.5) is 5.69 Å². The number of fused-ring (bicyclic) bond motifs is 1. The summed E-state index contributed by atoms with van der Waals surface area (Å²) in [6.45, 7) is 4.50. The molecule has 2 aliphatic heterocycles. The predicted molar refractivity (Wildman–Crippen MR) is 76.4 cm³/mol. The van der Waals surface area contributed by atoms with Crippen molar-refractivity contribution in [3.05, 3.63) is 24.0 Å². The maximum absolute atomic E-state index is 11.7. The highest BCUT2D eigenvalue weighted by atomic mass is 16.3. The summed E-state index contributed by atoms with van der Waals surface area (Å²) >= 11 is 0. The normalized spacial score (nSPS) is 23.9. The molecule has 1 aromatic heterocycles. The Morgan fingerprint density at radius 3 is 3.00 bits per heavy atom. The first kappa shape index (κ1) is 13.4. The van der Waals surface area contributed by atoms with E-state index in [1.807, 2.05) is 30.2 Å². The molecule has 0 aromatic carbocycles. The molecule has 2 unspecified atom stereocenters. The molecular formula is C15H21N3O2. The van der Waals surface area contributed by atoms with Crippen LogP contribution < -0.4 is 4.90 Å². The maximum atomic E-state index is 11.7. The Morgan fingerprint density at radius 1 is 1.45 bits per heavy atom. The van der Waals surface area contributed by atoms with Crippen molar-refractivity contribution in [1.29, 1.82) is 0 Å². The van der Waals surface area contributed by atoms with E-state index < -0.39 is 6.10 Å². The van der Waals surface area contributed by atoms with E-state index >= 15 is 0 Å². The highest BCUT2D eigenvalue weighted by molar-refractivity contribution is 5.79. The molecule has 1 aromatic rings. The molecule has 3 heterocycles. The van der Waals surface area contributed by atoms with Gasteiger partial charge in [0.05, 0.1) is 23.7 Å². The number of anilines is 1. The highest BCUT2D eigenvalue weighted by Crippen LogP contribution is 2.26. The van der Waals surface area contributed by atoms with Crippen LogP contribution in [0.25, 0.3) is 0 Å². The number of nitrogens with zero attached hydrogens (tertiary/aromatic N) is 3. The molecule has 5 heteroatoms. The number of aliphatic hydroxyl groups is 1. The first-order chi connectivity index (χ1) is 9.69. The van der Waals surface area contributed by atoms with Gasteiger partial charge in [-0.25, -0.2) is 0 Å². The zero-order valence-electron chi connectivity index (χ0n) is 11.8. The molecule has 0 aliphatic carbocycles. The van der Waals surface area contributed by atoms with Gasteiger partial charge in [-0.2, -0.15) is 0 Å². The number of pyridine rings is 1. The van der Waals surface area contributed by atoms with Gasteiger partial charge in [0, 0.05) is 32.1 Å². The number of aromatic nitrogens is 1. The Balaban J connectivity index is 1.69. The van der Waals surface area contributed by atoms with Crippen LogP contribution in [0.15, 0.2) is 18.3 Å². The van der Waals surface area contributed by atoms with Crippen molar-refractivity contribution in [2.75, 3.05) is 24.5 Å². The van der Waals surface area contributed by atoms with E-state index in [1.54, 1.807) is 0 Å². The molecule has 2 atom stereocenters. The van der Waals surface area contributed by atoms with E-state index in [2.05, 4.69) is 9.88 Å². The Morgan fingerprint density at radius 2 is 2.30 bits per heavy atom. The largest absolute Gasteiger partial charge is 0.387 e. The van der Waals surface area contributed by atoms with E-state index in [-0.39, 0.29) is 0 Å². The van der Waals surface area contributed by atoms with Gasteiger partial charge < -0.3 is 14.9 Å². The third-order valence-corrected chi connectivity index (χ3v) is 4.36. The van der Waals surface area contributed by atoms with Crippen molar-refractivity contribution in [3.63, 3.8) is 0 Å². The molecule has 20 heavy (non-hydrogen) atoms. The minimum absolute atomic E-state index is 0.300. The van der Waals surface area contributed by atoms with Crippen molar-refractivity contribution in [2.24, 2.45) is 0 Å². The van der Waals surface area contributed by atoms with E-state index in [0.717, 1.165) is 37.4 Å². The van der Waals surface area contributed by atoms with Crippen molar-refractivity contribution in [2.45, 2.75) is 38.3 Å². The van der Waals surface area contributed by atoms with Crippen LogP contribution in [0.1, 0.15) is 38.0 Å². The smallest absolute Gasteiger partial charge is 0.223 e. The van der Waals surface area contributed by atoms with Gasteiger partial charge in [-0.05, 0) is 25.0 Å². The summed E-state index contributed by atoms with van der Waals surface area (Å²) in [6.07, 6.45) is 3.69. The lowest BCUT2D eigenvalue weighted by molar-refractivity contribution is -0.129. The van der Waals surface area contributed by atoms with E-state index in [1.165, 1.54) is 0 Å². The molecule has 2 saturated heterocycles. The standard InChI is InChI=1S/C15H21N3O2/c1-2-14(19)13-5-3-11(9-16-13)17-7-8-18-12(10-17)4-6-15(18)20/h3,5,9,12,14,19H,2,4,6-8,10H2,1H3. The second-order valence-electron chi connectivity index (χ2n) is 5.59. The number of rotatable bonds is 3. The van der Waals surface area contributed by atoms with Gasteiger partial charge in [-0.3, -0.25) is 9.78 Å². The van der Waals surface area contributed by atoms with Gasteiger partial charge in [0.25, 0.3) is 0 Å². The Hall–Kier alpha value is -1.62. The third kappa shape index (κ3) is 2.38. The fourth-order valence-corrected chi connectivity index (χ4v) is 3.09. The molecule has 1 amide bonds. The summed E-state index contributed by atoms with van der Waals surface area (Å²) in [7, 11) is 0. The van der Waals surface area contributed by atoms with Gasteiger partial charge in [0.15, 0.2) is 0 Å². The fraction of sp³-hybridized carbons (Fsp3) is 0.600. The molecule has 0 saturated carbocycles. The van der Waals surface area contributed by atoms with Crippen molar-refractivity contribution >= 4 is 11.6 Å². The first-order valence-corrected chi connectivity index (χ1v) is 7.37. The summed E-state index contributed by atoms with van der Waals surface area (Å²) in [6, 6.07) is 4.28. The van der Waals surface area contributed by atoms with E-state index in [0.29, 0.717) is 24.8 Å². The molecule has 2 aliphatic rings. The minimum atomic E-state index is -0.478. The summed E-state index contributed by atoms with van der Waals surface area (Å²) in [5.74, 6) is 0.300. The summed E-state index contributed by atoms with van der Waals surface area (Å²) < 4.78 is 0. The van der Waals surface area contributed by atoms with Crippen molar-refractivity contribution < 1.29 is 9.90 Å². The fourth-order valence-electron chi connectivity index (χ4n) is 3.09. The van der Waals surface area contributed by atoms with Crippen LogP contribution in [-0.2, 0) is 4.79 Å². The number of aliphatic hydroxyl groups excluding tert-OH is 1. The predicted octanol–water partition coefficient (Wildman–Crippen LogP) is 1.34. The lowest BCUT2D eigenvalue weighted by Crippen LogP contribution is -2.51. The molecule has 1 N–H and O–H groups in total. The topological polar surface area (TPSA) is 56.7 Å². The average Bonchev–Trinajstić information content (AvgIpc) is 2.87. The maximum Gasteiger partial charge on any atom is 0.223 e. The molecule has 2 fully saturated rings. The van der Waals surface area contributed by atoms with Gasteiger partial charge in [0.2, 0.25) is 5.91 Å². The van der Waals surface area contributed by atoms with Crippen LogP contribution in [0, 0.1) is 0 Å². The Bertz CT molecular complexity index is 488. The summed E-state index contributed by atoms with van der Waals surface area (Å²) in [5.41, 5.74) is 1.81. The molecule has 0 bridgehead atoms. The molecule has 0 radical (unpaired) electrons. The average molecular weight is 275 g/mol. The molecule has 5 nitrogen and oxygen atoms in total.